The van der Waals surface area contributed by atoms with E-state index < -0.39 is 0 Å². The number of nitrogens with zero attached hydrogens (tertiary/aromatic N) is 2. The topological polar surface area (TPSA) is 34.9 Å². The van der Waals surface area contributed by atoms with Crippen LogP contribution < -0.4 is 0 Å². The number of aromatic nitrogens is 2. The Balaban J connectivity index is 2.54. The molecule has 0 spiro atoms. The molecule has 4 heteroatoms. The smallest absolute Gasteiger partial charge is 0.190 e. The van der Waals surface area contributed by atoms with Crippen LogP contribution in [-0.4, -0.2) is 26.6 Å². The summed E-state index contributed by atoms with van der Waals surface area (Å²) in [5.74, 6) is 0.736. The molecule has 1 atom stereocenters. The molecule has 1 unspecified atom stereocenters. The van der Waals surface area contributed by atoms with Crippen LogP contribution in [0.1, 0.15) is 37.7 Å². The molecule has 84 valence electrons. The van der Waals surface area contributed by atoms with Crippen molar-refractivity contribution >= 4 is 17.5 Å². The monoisotopic (exact) mass is 226 g/mol. The van der Waals surface area contributed by atoms with Crippen molar-refractivity contribution in [2.24, 2.45) is 0 Å². The minimum atomic E-state index is 0.180. The second-order valence-corrected chi connectivity index (χ2v) is 4.91. The van der Waals surface area contributed by atoms with Gasteiger partial charge in [0, 0.05) is 18.0 Å². The Kier molecular flexibility index (Phi) is 4.88. The van der Waals surface area contributed by atoms with E-state index in [2.05, 4.69) is 18.9 Å². The van der Waals surface area contributed by atoms with Crippen LogP contribution in [0.2, 0.25) is 0 Å². The minimum Gasteiger partial charge on any atom is -0.292 e. The number of aryl methyl sites for hydroxylation is 1. The Bertz CT molecular complexity index is 322. The van der Waals surface area contributed by atoms with E-state index in [9.17, 15) is 4.79 Å². The molecule has 0 aliphatic carbocycles. The molecule has 1 heterocycles. The van der Waals surface area contributed by atoms with Crippen molar-refractivity contribution in [3.8, 4) is 0 Å². The Morgan fingerprint density at radius 3 is 2.93 bits per heavy atom. The van der Waals surface area contributed by atoms with E-state index in [0.717, 1.165) is 18.7 Å². The maximum absolute atomic E-state index is 11.8. The van der Waals surface area contributed by atoms with Crippen molar-refractivity contribution in [3.05, 3.63) is 18.0 Å². The van der Waals surface area contributed by atoms with Gasteiger partial charge in [0.2, 0.25) is 0 Å². The first kappa shape index (κ1) is 12.3. The molecule has 0 aliphatic heterocycles. The van der Waals surface area contributed by atoms with Gasteiger partial charge in [-0.2, -0.15) is 16.9 Å². The summed E-state index contributed by atoms with van der Waals surface area (Å²) in [5, 5.41) is 4.64. The molecular formula is C11H18N2OS. The van der Waals surface area contributed by atoms with Gasteiger partial charge in [0.05, 0.1) is 5.75 Å². The van der Waals surface area contributed by atoms with E-state index in [1.807, 2.05) is 6.92 Å². The van der Waals surface area contributed by atoms with Crippen molar-refractivity contribution in [2.75, 3.05) is 5.75 Å². The van der Waals surface area contributed by atoms with Crippen molar-refractivity contribution < 1.29 is 4.79 Å². The van der Waals surface area contributed by atoms with Gasteiger partial charge in [-0.3, -0.25) is 9.48 Å². The molecule has 1 rings (SSSR count). The van der Waals surface area contributed by atoms with E-state index in [1.54, 1.807) is 28.7 Å². The lowest BCUT2D eigenvalue weighted by atomic mass is 10.3. The molecule has 15 heavy (non-hydrogen) atoms. The first-order chi connectivity index (χ1) is 7.19. The SMILES string of the molecule is CCC(C)SCC(=O)c1ccnn1CC. The van der Waals surface area contributed by atoms with Crippen LogP contribution in [0.15, 0.2) is 12.3 Å². The summed E-state index contributed by atoms with van der Waals surface area (Å²) in [6.07, 6.45) is 2.79. The summed E-state index contributed by atoms with van der Waals surface area (Å²) < 4.78 is 1.75. The predicted octanol–water partition coefficient (Wildman–Crippen LogP) is 2.62. The summed E-state index contributed by atoms with van der Waals surface area (Å²) in [4.78, 5) is 11.8. The highest BCUT2D eigenvalue weighted by Gasteiger charge is 2.12. The lowest BCUT2D eigenvalue weighted by Crippen LogP contribution is -2.12. The lowest BCUT2D eigenvalue weighted by molar-refractivity contribution is 0.101. The third-order valence-electron chi connectivity index (χ3n) is 2.38. The Morgan fingerprint density at radius 1 is 1.60 bits per heavy atom. The molecule has 0 saturated heterocycles. The Hall–Kier alpha value is -0.770. The zero-order valence-electron chi connectivity index (χ0n) is 9.56. The molecule has 1 aromatic rings. The zero-order chi connectivity index (χ0) is 11.3. The molecule has 0 aromatic carbocycles. The van der Waals surface area contributed by atoms with E-state index >= 15 is 0 Å². The fourth-order valence-corrected chi connectivity index (χ4v) is 2.05. The second kappa shape index (κ2) is 5.95. The van der Waals surface area contributed by atoms with Gasteiger partial charge in [-0.1, -0.05) is 13.8 Å². The lowest BCUT2D eigenvalue weighted by Gasteiger charge is -2.07. The molecule has 1 aromatic heterocycles. The number of carbonyl (C=O) groups is 1. The Morgan fingerprint density at radius 2 is 2.33 bits per heavy atom. The van der Waals surface area contributed by atoms with Gasteiger partial charge in [-0.25, -0.2) is 0 Å². The predicted molar refractivity (Wildman–Crippen MR) is 64.4 cm³/mol. The van der Waals surface area contributed by atoms with Crippen molar-refractivity contribution in [1.29, 1.82) is 0 Å². The van der Waals surface area contributed by atoms with Crippen molar-refractivity contribution in [2.45, 2.75) is 39.0 Å². The maximum atomic E-state index is 11.8. The van der Waals surface area contributed by atoms with Gasteiger partial charge in [-0.05, 0) is 19.4 Å². The number of hydrogen-bond donors (Lipinski definition) is 0. The number of thioether (sulfide) groups is 1. The van der Waals surface area contributed by atoms with Gasteiger partial charge in [-0.15, -0.1) is 0 Å². The molecule has 0 N–H and O–H groups in total. The fourth-order valence-electron chi connectivity index (χ4n) is 1.23. The summed E-state index contributed by atoms with van der Waals surface area (Å²) in [7, 11) is 0. The van der Waals surface area contributed by atoms with Crippen LogP contribution in [0.25, 0.3) is 0 Å². The molecule has 0 aliphatic rings. The number of hydrogen-bond acceptors (Lipinski definition) is 3. The molecular weight excluding hydrogens is 208 g/mol. The highest BCUT2D eigenvalue weighted by atomic mass is 32.2. The number of carbonyl (C=O) groups excluding carboxylic acids is 1. The summed E-state index contributed by atoms with van der Waals surface area (Å²) in [5.41, 5.74) is 0.730. The summed E-state index contributed by atoms with van der Waals surface area (Å²) in [6.45, 7) is 7.03. The number of ketones is 1. The first-order valence-corrected chi connectivity index (χ1v) is 6.40. The average molecular weight is 226 g/mol. The molecule has 0 amide bonds. The zero-order valence-corrected chi connectivity index (χ0v) is 10.4. The second-order valence-electron chi connectivity index (χ2n) is 3.49. The van der Waals surface area contributed by atoms with Gasteiger partial charge in [0.25, 0.3) is 0 Å². The van der Waals surface area contributed by atoms with E-state index in [-0.39, 0.29) is 5.78 Å². The first-order valence-electron chi connectivity index (χ1n) is 5.35. The standard InChI is InChI=1S/C11H18N2OS/c1-4-9(3)15-8-11(14)10-6-7-12-13(10)5-2/h6-7,9H,4-5,8H2,1-3H3. The molecule has 0 bridgehead atoms. The van der Waals surface area contributed by atoms with Gasteiger partial charge < -0.3 is 0 Å². The minimum absolute atomic E-state index is 0.180. The van der Waals surface area contributed by atoms with E-state index in [4.69, 9.17) is 0 Å². The summed E-state index contributed by atoms with van der Waals surface area (Å²) in [6, 6.07) is 1.79. The van der Waals surface area contributed by atoms with Crippen LogP contribution in [0.4, 0.5) is 0 Å². The number of Topliss-reactive ketones (excluding diaryl/α,β-unsaturated/α-hetero) is 1. The van der Waals surface area contributed by atoms with Crippen LogP contribution in [-0.2, 0) is 6.54 Å². The van der Waals surface area contributed by atoms with Crippen LogP contribution in [0.3, 0.4) is 0 Å². The normalized spacial score (nSPS) is 12.7. The van der Waals surface area contributed by atoms with Crippen LogP contribution in [0.5, 0.6) is 0 Å². The maximum Gasteiger partial charge on any atom is 0.190 e. The third kappa shape index (κ3) is 3.38. The highest BCUT2D eigenvalue weighted by Crippen LogP contribution is 2.15. The third-order valence-corrected chi connectivity index (χ3v) is 3.71. The van der Waals surface area contributed by atoms with Gasteiger partial charge in [0.1, 0.15) is 5.69 Å². The molecule has 0 fully saturated rings. The van der Waals surface area contributed by atoms with E-state index in [1.165, 1.54) is 0 Å². The highest BCUT2D eigenvalue weighted by molar-refractivity contribution is 8.00. The fraction of sp³-hybridized carbons (Fsp3) is 0.636. The van der Waals surface area contributed by atoms with Gasteiger partial charge in [0.15, 0.2) is 5.78 Å². The van der Waals surface area contributed by atoms with E-state index in [0.29, 0.717) is 11.0 Å². The van der Waals surface area contributed by atoms with Crippen molar-refractivity contribution in [1.82, 2.24) is 9.78 Å². The molecule has 3 nitrogen and oxygen atoms in total. The van der Waals surface area contributed by atoms with Crippen LogP contribution in [0, 0.1) is 0 Å². The number of rotatable bonds is 6. The van der Waals surface area contributed by atoms with Crippen LogP contribution >= 0.6 is 11.8 Å². The average Bonchev–Trinajstić information content (AvgIpc) is 2.73. The Labute approximate surface area is 95.2 Å². The molecule has 0 saturated carbocycles. The quantitative estimate of drug-likeness (QED) is 0.699. The molecule has 0 radical (unpaired) electrons. The largest absolute Gasteiger partial charge is 0.292 e. The van der Waals surface area contributed by atoms with Gasteiger partial charge >= 0.3 is 0 Å². The summed E-state index contributed by atoms with van der Waals surface area (Å²) >= 11 is 1.71. The van der Waals surface area contributed by atoms with Crippen molar-refractivity contribution in [3.63, 3.8) is 0 Å².